The van der Waals surface area contributed by atoms with Gasteiger partial charge in [0.1, 0.15) is 5.69 Å². The molecule has 0 saturated carbocycles. The second kappa shape index (κ2) is 7.75. The van der Waals surface area contributed by atoms with Crippen LogP contribution in [-0.2, 0) is 11.2 Å². The number of fused-ring (bicyclic) bond motifs is 1. The van der Waals surface area contributed by atoms with Crippen LogP contribution in [0.2, 0.25) is 0 Å². The molecular formula is C22H17N3O3. The van der Waals surface area contributed by atoms with Gasteiger partial charge in [0.15, 0.2) is 0 Å². The summed E-state index contributed by atoms with van der Waals surface area (Å²) in [5, 5.41) is 5.96. The summed E-state index contributed by atoms with van der Waals surface area (Å²) in [7, 11) is 0. The van der Waals surface area contributed by atoms with Crippen LogP contribution in [0.1, 0.15) is 16.1 Å². The Morgan fingerprint density at radius 3 is 2.46 bits per heavy atom. The Morgan fingerprint density at radius 1 is 0.857 bits per heavy atom. The zero-order chi connectivity index (χ0) is 19.3. The molecule has 28 heavy (non-hydrogen) atoms. The van der Waals surface area contributed by atoms with Crippen LogP contribution in [0.4, 0.5) is 0 Å². The molecule has 0 saturated heterocycles. The standard InChI is InChI=1S/C22H17N3O3/c26-21(13-17-11-6-10-15-7-4-5-12-18(15)17)23-24-22(27)20-14-19(25-28-20)16-8-2-1-3-9-16/h1-12,14H,13H2,(H,23,26)(H,24,27). The molecule has 4 aromatic rings. The summed E-state index contributed by atoms with van der Waals surface area (Å²) >= 11 is 0. The third kappa shape index (κ3) is 3.76. The second-order valence-corrected chi connectivity index (χ2v) is 6.26. The highest BCUT2D eigenvalue weighted by Crippen LogP contribution is 2.19. The first kappa shape index (κ1) is 17.5. The first-order valence-corrected chi connectivity index (χ1v) is 8.79. The number of nitrogens with zero attached hydrogens (tertiary/aromatic N) is 1. The molecule has 6 nitrogen and oxygen atoms in total. The molecule has 2 amide bonds. The van der Waals surface area contributed by atoms with Gasteiger partial charge in [-0.15, -0.1) is 0 Å². The summed E-state index contributed by atoms with van der Waals surface area (Å²) < 4.78 is 5.08. The molecular weight excluding hydrogens is 354 g/mol. The number of carbonyl (C=O) groups is 2. The van der Waals surface area contributed by atoms with Gasteiger partial charge < -0.3 is 4.52 Å². The predicted molar refractivity (Wildman–Crippen MR) is 105 cm³/mol. The Labute approximate surface area is 161 Å². The van der Waals surface area contributed by atoms with E-state index in [-0.39, 0.29) is 18.1 Å². The molecule has 0 aliphatic carbocycles. The number of nitrogens with one attached hydrogen (secondary N) is 2. The smallest absolute Gasteiger partial charge is 0.308 e. The van der Waals surface area contributed by atoms with Gasteiger partial charge in [-0.25, -0.2) is 0 Å². The Bertz CT molecular complexity index is 1130. The first-order chi connectivity index (χ1) is 13.7. The molecule has 6 heteroatoms. The molecule has 0 bridgehead atoms. The van der Waals surface area contributed by atoms with Gasteiger partial charge >= 0.3 is 5.91 Å². The summed E-state index contributed by atoms with van der Waals surface area (Å²) in [5.41, 5.74) is 7.05. The van der Waals surface area contributed by atoms with Crippen molar-refractivity contribution >= 4 is 22.6 Å². The quantitative estimate of drug-likeness (QED) is 0.538. The molecule has 0 unspecified atom stereocenters. The van der Waals surface area contributed by atoms with Crippen molar-refractivity contribution in [2.75, 3.05) is 0 Å². The lowest BCUT2D eigenvalue weighted by Crippen LogP contribution is -2.42. The predicted octanol–water partition coefficient (Wildman–Crippen LogP) is 3.50. The van der Waals surface area contributed by atoms with E-state index in [1.165, 1.54) is 6.07 Å². The minimum absolute atomic E-state index is 0.0179. The van der Waals surface area contributed by atoms with Crippen LogP contribution < -0.4 is 10.9 Å². The average molecular weight is 371 g/mol. The van der Waals surface area contributed by atoms with E-state index in [0.717, 1.165) is 21.9 Å². The third-order valence-corrected chi connectivity index (χ3v) is 4.35. The van der Waals surface area contributed by atoms with E-state index < -0.39 is 5.91 Å². The van der Waals surface area contributed by atoms with E-state index in [9.17, 15) is 9.59 Å². The van der Waals surface area contributed by atoms with E-state index in [0.29, 0.717) is 5.69 Å². The number of hydrogen-bond acceptors (Lipinski definition) is 4. The summed E-state index contributed by atoms with van der Waals surface area (Å²) in [6.45, 7) is 0. The Morgan fingerprint density at radius 2 is 1.61 bits per heavy atom. The van der Waals surface area contributed by atoms with Crippen LogP contribution in [-0.4, -0.2) is 17.0 Å². The molecule has 0 radical (unpaired) electrons. The van der Waals surface area contributed by atoms with E-state index in [2.05, 4.69) is 16.0 Å². The first-order valence-electron chi connectivity index (χ1n) is 8.79. The van der Waals surface area contributed by atoms with Gasteiger partial charge in [0.25, 0.3) is 0 Å². The molecule has 0 spiro atoms. The van der Waals surface area contributed by atoms with E-state index in [1.54, 1.807) is 0 Å². The SMILES string of the molecule is O=C(Cc1cccc2ccccc12)NNC(=O)c1cc(-c2ccccc2)no1. The molecule has 2 N–H and O–H groups in total. The maximum atomic E-state index is 12.2. The van der Waals surface area contributed by atoms with Gasteiger partial charge in [-0.05, 0) is 16.3 Å². The van der Waals surface area contributed by atoms with Gasteiger partial charge in [0.2, 0.25) is 11.7 Å². The van der Waals surface area contributed by atoms with Gasteiger partial charge in [0, 0.05) is 11.6 Å². The van der Waals surface area contributed by atoms with Gasteiger partial charge in [-0.3, -0.25) is 20.4 Å². The van der Waals surface area contributed by atoms with E-state index >= 15 is 0 Å². The Balaban J connectivity index is 1.38. The van der Waals surface area contributed by atoms with Crippen LogP contribution >= 0.6 is 0 Å². The van der Waals surface area contributed by atoms with E-state index in [4.69, 9.17) is 4.52 Å². The van der Waals surface area contributed by atoms with E-state index in [1.807, 2.05) is 72.8 Å². The molecule has 1 heterocycles. The summed E-state index contributed by atoms with van der Waals surface area (Å²) in [5.74, 6) is -0.877. The fourth-order valence-electron chi connectivity index (χ4n) is 2.98. The van der Waals surface area contributed by atoms with Crippen molar-refractivity contribution in [3.8, 4) is 11.3 Å². The topological polar surface area (TPSA) is 84.2 Å². The zero-order valence-corrected chi connectivity index (χ0v) is 14.9. The number of carbonyl (C=O) groups excluding carboxylic acids is 2. The summed E-state index contributed by atoms with van der Waals surface area (Å²) in [6, 6.07) is 24.5. The van der Waals surface area contributed by atoms with Crippen molar-refractivity contribution in [1.29, 1.82) is 0 Å². The zero-order valence-electron chi connectivity index (χ0n) is 14.9. The average Bonchev–Trinajstić information content (AvgIpc) is 3.23. The fourth-order valence-corrected chi connectivity index (χ4v) is 2.98. The number of amides is 2. The van der Waals surface area contributed by atoms with Crippen LogP contribution in [0.15, 0.2) is 83.4 Å². The van der Waals surface area contributed by atoms with Crippen molar-refractivity contribution in [1.82, 2.24) is 16.0 Å². The van der Waals surface area contributed by atoms with Crippen molar-refractivity contribution in [3.05, 3.63) is 90.2 Å². The molecule has 1 aromatic heterocycles. The minimum atomic E-state index is -0.569. The number of aromatic nitrogens is 1. The lowest BCUT2D eigenvalue weighted by atomic mass is 10.0. The van der Waals surface area contributed by atoms with Crippen molar-refractivity contribution < 1.29 is 14.1 Å². The molecule has 138 valence electrons. The van der Waals surface area contributed by atoms with Crippen molar-refractivity contribution in [3.63, 3.8) is 0 Å². The number of rotatable bonds is 4. The third-order valence-electron chi connectivity index (χ3n) is 4.35. The molecule has 4 rings (SSSR count). The van der Waals surface area contributed by atoms with Gasteiger partial charge in [0.05, 0.1) is 6.42 Å². The molecule has 0 atom stereocenters. The largest absolute Gasteiger partial charge is 0.350 e. The normalized spacial score (nSPS) is 10.6. The number of hydrazine groups is 1. The molecule has 0 fully saturated rings. The van der Waals surface area contributed by atoms with Crippen LogP contribution in [0, 0.1) is 0 Å². The van der Waals surface area contributed by atoms with Crippen molar-refractivity contribution in [2.45, 2.75) is 6.42 Å². The second-order valence-electron chi connectivity index (χ2n) is 6.26. The lowest BCUT2D eigenvalue weighted by molar-refractivity contribution is -0.121. The maximum absolute atomic E-state index is 12.2. The monoisotopic (exact) mass is 371 g/mol. The molecule has 0 aliphatic heterocycles. The highest BCUT2D eigenvalue weighted by molar-refractivity contribution is 5.95. The summed E-state index contributed by atoms with van der Waals surface area (Å²) in [6.07, 6.45) is 0.146. The minimum Gasteiger partial charge on any atom is -0.350 e. The highest BCUT2D eigenvalue weighted by atomic mass is 16.5. The van der Waals surface area contributed by atoms with Crippen LogP contribution in [0.5, 0.6) is 0 Å². The lowest BCUT2D eigenvalue weighted by Gasteiger charge is -2.08. The maximum Gasteiger partial charge on any atom is 0.308 e. The highest BCUT2D eigenvalue weighted by Gasteiger charge is 2.15. The molecule has 3 aromatic carbocycles. The van der Waals surface area contributed by atoms with Crippen LogP contribution in [0.25, 0.3) is 22.0 Å². The van der Waals surface area contributed by atoms with Gasteiger partial charge in [-0.2, -0.15) is 0 Å². The number of benzene rings is 3. The van der Waals surface area contributed by atoms with Crippen LogP contribution in [0.3, 0.4) is 0 Å². The van der Waals surface area contributed by atoms with Gasteiger partial charge in [-0.1, -0.05) is 78.0 Å². The molecule has 0 aliphatic rings. The number of hydrogen-bond donors (Lipinski definition) is 2. The summed E-state index contributed by atoms with van der Waals surface area (Å²) in [4.78, 5) is 24.4. The fraction of sp³-hybridized carbons (Fsp3) is 0.0455. The Hall–Kier alpha value is -3.93. The van der Waals surface area contributed by atoms with Crippen molar-refractivity contribution in [2.24, 2.45) is 0 Å². The Kier molecular flexibility index (Phi) is 4.84.